The third-order valence-electron chi connectivity index (χ3n) is 4.05. The molecule has 0 aromatic heterocycles. The summed E-state index contributed by atoms with van der Waals surface area (Å²) < 4.78 is 11.2. The zero-order valence-electron chi connectivity index (χ0n) is 12.5. The monoisotopic (exact) mass is 310 g/mol. The summed E-state index contributed by atoms with van der Waals surface area (Å²) in [6.45, 7) is 4.24. The quantitative estimate of drug-likeness (QED) is 0.927. The van der Waals surface area contributed by atoms with Gasteiger partial charge in [0.15, 0.2) is 11.5 Å². The van der Waals surface area contributed by atoms with Crippen molar-refractivity contribution in [1.29, 1.82) is 0 Å². The molecule has 1 atom stereocenters. The Morgan fingerprint density at radius 1 is 1.29 bits per heavy atom. The molecule has 1 aromatic rings. The van der Waals surface area contributed by atoms with Gasteiger partial charge in [0.2, 0.25) is 0 Å². The highest BCUT2D eigenvalue weighted by molar-refractivity contribution is 6.32. The SMILES string of the molecule is CN(Cc1cc(Cl)c2c(c1)OCCO2)CC1CCCCN1. The van der Waals surface area contributed by atoms with E-state index in [0.29, 0.717) is 30.0 Å². The molecule has 2 aliphatic rings. The number of halogens is 1. The summed E-state index contributed by atoms with van der Waals surface area (Å²) in [5, 5.41) is 4.23. The van der Waals surface area contributed by atoms with Crippen molar-refractivity contribution in [1.82, 2.24) is 10.2 Å². The van der Waals surface area contributed by atoms with Crippen molar-refractivity contribution < 1.29 is 9.47 Å². The van der Waals surface area contributed by atoms with E-state index in [0.717, 1.165) is 25.4 Å². The first kappa shape index (κ1) is 14.9. The third-order valence-corrected chi connectivity index (χ3v) is 4.33. The van der Waals surface area contributed by atoms with E-state index in [9.17, 15) is 0 Å². The second-order valence-electron chi connectivity index (χ2n) is 5.95. The molecular weight excluding hydrogens is 288 g/mol. The van der Waals surface area contributed by atoms with E-state index in [-0.39, 0.29) is 0 Å². The van der Waals surface area contributed by atoms with Crippen LogP contribution in [-0.4, -0.2) is 44.3 Å². The number of nitrogens with zero attached hydrogens (tertiary/aromatic N) is 1. The number of hydrogen-bond acceptors (Lipinski definition) is 4. The molecule has 1 saturated heterocycles. The van der Waals surface area contributed by atoms with Crippen LogP contribution in [-0.2, 0) is 6.54 Å². The summed E-state index contributed by atoms with van der Waals surface area (Å²) in [5.74, 6) is 1.45. The number of fused-ring (bicyclic) bond motifs is 1. The van der Waals surface area contributed by atoms with Gasteiger partial charge >= 0.3 is 0 Å². The maximum atomic E-state index is 6.29. The molecule has 3 rings (SSSR count). The summed E-state index contributed by atoms with van der Waals surface area (Å²) >= 11 is 6.29. The van der Waals surface area contributed by atoms with Crippen LogP contribution in [0.1, 0.15) is 24.8 Å². The zero-order valence-corrected chi connectivity index (χ0v) is 13.3. The van der Waals surface area contributed by atoms with Crippen LogP contribution in [0.3, 0.4) is 0 Å². The molecule has 0 amide bonds. The predicted octanol–water partition coefficient (Wildman–Crippen LogP) is 2.69. The van der Waals surface area contributed by atoms with Gasteiger partial charge in [0.25, 0.3) is 0 Å². The van der Waals surface area contributed by atoms with Crippen LogP contribution in [0.2, 0.25) is 5.02 Å². The number of hydrogen-bond donors (Lipinski definition) is 1. The highest BCUT2D eigenvalue weighted by atomic mass is 35.5. The molecule has 2 aliphatic heterocycles. The van der Waals surface area contributed by atoms with Crippen LogP contribution in [0.5, 0.6) is 11.5 Å². The standard InChI is InChI=1S/C16H23ClN2O2/c1-19(11-13-4-2-3-5-18-13)10-12-8-14(17)16-15(9-12)20-6-7-21-16/h8-9,13,18H,2-7,10-11H2,1H3. The van der Waals surface area contributed by atoms with Crippen LogP contribution in [0.25, 0.3) is 0 Å². The Labute approximate surface area is 131 Å². The molecule has 21 heavy (non-hydrogen) atoms. The molecule has 1 N–H and O–H groups in total. The van der Waals surface area contributed by atoms with Crippen LogP contribution < -0.4 is 14.8 Å². The van der Waals surface area contributed by atoms with Gasteiger partial charge in [0, 0.05) is 19.1 Å². The van der Waals surface area contributed by atoms with Crippen molar-refractivity contribution >= 4 is 11.6 Å². The predicted molar refractivity (Wildman–Crippen MR) is 84.4 cm³/mol. The topological polar surface area (TPSA) is 33.7 Å². The fraction of sp³-hybridized carbons (Fsp3) is 0.625. The molecule has 1 fully saturated rings. The fourth-order valence-corrected chi connectivity index (χ4v) is 3.38. The second-order valence-corrected chi connectivity index (χ2v) is 6.35. The minimum absolute atomic E-state index is 0.569. The molecule has 2 heterocycles. The van der Waals surface area contributed by atoms with Gasteiger partial charge in [-0.2, -0.15) is 0 Å². The molecule has 0 saturated carbocycles. The Morgan fingerprint density at radius 2 is 2.14 bits per heavy atom. The molecule has 0 aliphatic carbocycles. The number of rotatable bonds is 4. The summed E-state index contributed by atoms with van der Waals surface area (Å²) in [6.07, 6.45) is 3.91. The van der Waals surface area contributed by atoms with Gasteiger partial charge < -0.3 is 19.7 Å². The maximum absolute atomic E-state index is 6.29. The van der Waals surface area contributed by atoms with Gasteiger partial charge in [0.1, 0.15) is 13.2 Å². The Kier molecular flexibility index (Phi) is 4.88. The summed E-state index contributed by atoms with van der Waals surface area (Å²) in [5.41, 5.74) is 1.17. The lowest BCUT2D eigenvalue weighted by Crippen LogP contribution is -2.42. The first-order chi connectivity index (χ1) is 10.2. The zero-order chi connectivity index (χ0) is 14.7. The number of nitrogens with one attached hydrogen (secondary N) is 1. The number of likely N-dealkylation sites (N-methyl/N-ethyl adjacent to an activating group) is 1. The van der Waals surface area contributed by atoms with E-state index < -0.39 is 0 Å². The lowest BCUT2D eigenvalue weighted by Gasteiger charge is -2.28. The molecular formula is C16H23ClN2O2. The Bertz CT molecular complexity index is 489. The van der Waals surface area contributed by atoms with Crippen LogP contribution in [0.15, 0.2) is 12.1 Å². The lowest BCUT2D eigenvalue weighted by atomic mass is 10.0. The van der Waals surface area contributed by atoms with E-state index in [1.54, 1.807) is 0 Å². The molecule has 0 spiro atoms. The second kappa shape index (κ2) is 6.86. The molecule has 1 aromatic carbocycles. The third kappa shape index (κ3) is 3.82. The summed E-state index contributed by atoms with van der Waals surface area (Å²) in [6, 6.07) is 4.64. The Balaban J connectivity index is 1.62. The molecule has 0 bridgehead atoms. The van der Waals surface area contributed by atoms with Gasteiger partial charge in [-0.1, -0.05) is 18.0 Å². The summed E-state index contributed by atoms with van der Waals surface area (Å²) in [4.78, 5) is 2.34. The van der Waals surface area contributed by atoms with Crippen molar-refractivity contribution in [3.63, 3.8) is 0 Å². The van der Waals surface area contributed by atoms with Crippen LogP contribution in [0.4, 0.5) is 0 Å². The van der Waals surface area contributed by atoms with E-state index in [4.69, 9.17) is 21.1 Å². The van der Waals surface area contributed by atoms with E-state index in [1.165, 1.54) is 24.8 Å². The van der Waals surface area contributed by atoms with E-state index in [2.05, 4.69) is 17.3 Å². The van der Waals surface area contributed by atoms with Gasteiger partial charge in [-0.05, 0) is 44.1 Å². The molecule has 116 valence electrons. The molecule has 5 heteroatoms. The average Bonchev–Trinajstić information content (AvgIpc) is 2.48. The molecule has 0 radical (unpaired) electrons. The lowest BCUT2D eigenvalue weighted by molar-refractivity contribution is 0.171. The van der Waals surface area contributed by atoms with Gasteiger partial charge in [0.05, 0.1) is 5.02 Å². The number of ether oxygens (including phenoxy) is 2. The minimum Gasteiger partial charge on any atom is -0.486 e. The smallest absolute Gasteiger partial charge is 0.179 e. The Morgan fingerprint density at radius 3 is 2.95 bits per heavy atom. The van der Waals surface area contributed by atoms with Crippen molar-refractivity contribution in [2.24, 2.45) is 0 Å². The first-order valence-electron chi connectivity index (χ1n) is 7.72. The van der Waals surface area contributed by atoms with Crippen molar-refractivity contribution in [3.05, 3.63) is 22.7 Å². The van der Waals surface area contributed by atoms with E-state index in [1.807, 2.05) is 12.1 Å². The number of piperidine rings is 1. The first-order valence-corrected chi connectivity index (χ1v) is 8.10. The van der Waals surface area contributed by atoms with E-state index >= 15 is 0 Å². The van der Waals surface area contributed by atoms with Gasteiger partial charge in [-0.3, -0.25) is 0 Å². The van der Waals surface area contributed by atoms with Crippen molar-refractivity contribution in [2.45, 2.75) is 31.8 Å². The average molecular weight is 311 g/mol. The van der Waals surface area contributed by atoms with Crippen molar-refractivity contribution in [2.75, 3.05) is 33.4 Å². The van der Waals surface area contributed by atoms with Gasteiger partial charge in [-0.15, -0.1) is 0 Å². The largest absolute Gasteiger partial charge is 0.486 e. The fourth-order valence-electron chi connectivity index (χ4n) is 3.09. The number of benzene rings is 1. The molecule has 1 unspecified atom stereocenters. The van der Waals surface area contributed by atoms with Crippen molar-refractivity contribution in [3.8, 4) is 11.5 Å². The molecule has 4 nitrogen and oxygen atoms in total. The normalized spacial score (nSPS) is 21.6. The van der Waals surface area contributed by atoms with Gasteiger partial charge in [-0.25, -0.2) is 0 Å². The van der Waals surface area contributed by atoms with Crippen LogP contribution >= 0.6 is 11.6 Å². The Hall–Kier alpha value is -0.970. The highest BCUT2D eigenvalue weighted by Gasteiger charge is 2.18. The maximum Gasteiger partial charge on any atom is 0.179 e. The highest BCUT2D eigenvalue weighted by Crippen LogP contribution is 2.38. The van der Waals surface area contributed by atoms with Crippen LogP contribution in [0, 0.1) is 0 Å². The summed E-state index contributed by atoms with van der Waals surface area (Å²) in [7, 11) is 2.15. The minimum atomic E-state index is 0.569.